The maximum absolute atomic E-state index is 6.19. The highest BCUT2D eigenvalue weighted by Gasteiger charge is 2.18. The van der Waals surface area contributed by atoms with Gasteiger partial charge >= 0.3 is 0 Å². The van der Waals surface area contributed by atoms with Gasteiger partial charge in [-0.25, -0.2) is 0 Å². The summed E-state index contributed by atoms with van der Waals surface area (Å²) in [6.07, 6.45) is 6.23. The summed E-state index contributed by atoms with van der Waals surface area (Å²) in [6, 6.07) is 1.95. The fourth-order valence-electron chi connectivity index (χ4n) is 1.59. The van der Waals surface area contributed by atoms with Crippen LogP contribution in [0.25, 0.3) is 0 Å². The van der Waals surface area contributed by atoms with E-state index in [1.807, 2.05) is 11.4 Å². The molecule has 2 aromatic heterocycles. The Balaban J connectivity index is 2.29. The standard InChI is InChI=1S/C12H14ClN3S/c1-2-4-16-11(10-8-14-5-6-15-10)12-9(13)3-7-17-12/h3,5-8,11,16H,2,4H2,1H3. The summed E-state index contributed by atoms with van der Waals surface area (Å²) in [6.45, 7) is 3.06. The van der Waals surface area contributed by atoms with Crippen molar-refractivity contribution in [2.75, 3.05) is 6.54 Å². The lowest BCUT2D eigenvalue weighted by molar-refractivity contribution is 0.591. The molecule has 2 heterocycles. The van der Waals surface area contributed by atoms with Gasteiger partial charge < -0.3 is 5.32 Å². The fraction of sp³-hybridized carbons (Fsp3) is 0.333. The molecule has 0 bridgehead atoms. The normalized spacial score (nSPS) is 12.6. The van der Waals surface area contributed by atoms with Crippen LogP contribution in [0.5, 0.6) is 0 Å². The van der Waals surface area contributed by atoms with Crippen molar-refractivity contribution in [2.24, 2.45) is 0 Å². The third kappa shape index (κ3) is 3.03. The average molecular weight is 268 g/mol. The molecule has 0 saturated heterocycles. The van der Waals surface area contributed by atoms with Crippen LogP contribution in [0.3, 0.4) is 0 Å². The van der Waals surface area contributed by atoms with Gasteiger partial charge in [-0.2, -0.15) is 0 Å². The highest BCUT2D eigenvalue weighted by molar-refractivity contribution is 7.10. The first-order chi connectivity index (χ1) is 8.33. The van der Waals surface area contributed by atoms with Gasteiger partial charge in [-0.15, -0.1) is 11.3 Å². The van der Waals surface area contributed by atoms with E-state index in [-0.39, 0.29) is 6.04 Å². The Kier molecular flexibility index (Phi) is 4.48. The molecular weight excluding hydrogens is 254 g/mol. The summed E-state index contributed by atoms with van der Waals surface area (Å²) in [5.41, 5.74) is 0.908. The van der Waals surface area contributed by atoms with E-state index in [2.05, 4.69) is 22.2 Å². The van der Waals surface area contributed by atoms with Gasteiger partial charge in [-0.05, 0) is 24.4 Å². The maximum Gasteiger partial charge on any atom is 0.0875 e. The van der Waals surface area contributed by atoms with Crippen LogP contribution in [0.1, 0.15) is 30.0 Å². The van der Waals surface area contributed by atoms with E-state index in [0.717, 1.165) is 28.6 Å². The second-order valence-corrected chi connectivity index (χ2v) is 5.01. The summed E-state index contributed by atoms with van der Waals surface area (Å²) >= 11 is 7.83. The van der Waals surface area contributed by atoms with Crippen LogP contribution in [0, 0.1) is 0 Å². The van der Waals surface area contributed by atoms with Gasteiger partial charge in [0.2, 0.25) is 0 Å². The molecule has 2 rings (SSSR count). The molecule has 1 atom stereocenters. The Morgan fingerprint density at radius 3 is 2.94 bits per heavy atom. The van der Waals surface area contributed by atoms with E-state index in [9.17, 15) is 0 Å². The minimum atomic E-state index is 0.0381. The molecule has 0 aliphatic rings. The van der Waals surface area contributed by atoms with Crippen LogP contribution < -0.4 is 5.32 Å². The minimum Gasteiger partial charge on any atom is -0.304 e. The molecule has 0 aliphatic heterocycles. The maximum atomic E-state index is 6.19. The number of aromatic nitrogens is 2. The Hall–Kier alpha value is -0.970. The van der Waals surface area contributed by atoms with Gasteiger partial charge in [0.15, 0.2) is 0 Å². The van der Waals surface area contributed by atoms with Crippen molar-refractivity contribution < 1.29 is 0 Å². The molecule has 0 aromatic carbocycles. The molecule has 0 amide bonds. The van der Waals surface area contributed by atoms with Gasteiger partial charge in [-0.1, -0.05) is 18.5 Å². The SMILES string of the molecule is CCCNC(c1cnccn1)c1sccc1Cl. The largest absolute Gasteiger partial charge is 0.304 e. The number of rotatable bonds is 5. The van der Waals surface area contributed by atoms with Gasteiger partial charge in [0.25, 0.3) is 0 Å². The van der Waals surface area contributed by atoms with Crippen molar-refractivity contribution in [2.45, 2.75) is 19.4 Å². The van der Waals surface area contributed by atoms with Crippen LogP contribution in [0.4, 0.5) is 0 Å². The first kappa shape index (κ1) is 12.5. The zero-order valence-electron chi connectivity index (χ0n) is 9.56. The molecule has 1 unspecified atom stereocenters. The molecule has 0 saturated carbocycles. The summed E-state index contributed by atoms with van der Waals surface area (Å²) in [7, 11) is 0. The number of hydrogen-bond acceptors (Lipinski definition) is 4. The zero-order valence-corrected chi connectivity index (χ0v) is 11.1. The third-order valence-corrected chi connectivity index (χ3v) is 3.81. The number of thiophene rings is 1. The first-order valence-electron chi connectivity index (χ1n) is 5.55. The van der Waals surface area contributed by atoms with Crippen LogP contribution in [0.2, 0.25) is 5.02 Å². The molecule has 0 aliphatic carbocycles. The Morgan fingerprint density at radius 2 is 2.35 bits per heavy atom. The lowest BCUT2D eigenvalue weighted by Gasteiger charge is -2.16. The molecule has 3 nitrogen and oxygen atoms in total. The highest BCUT2D eigenvalue weighted by atomic mass is 35.5. The van der Waals surface area contributed by atoms with Crippen molar-refractivity contribution >= 4 is 22.9 Å². The number of nitrogens with zero attached hydrogens (tertiary/aromatic N) is 2. The smallest absolute Gasteiger partial charge is 0.0875 e. The average Bonchev–Trinajstić information content (AvgIpc) is 2.78. The molecule has 2 aromatic rings. The summed E-state index contributed by atoms with van der Waals surface area (Å²) < 4.78 is 0. The van der Waals surface area contributed by atoms with E-state index < -0.39 is 0 Å². The minimum absolute atomic E-state index is 0.0381. The van der Waals surface area contributed by atoms with Gasteiger partial charge in [0.05, 0.1) is 23.0 Å². The molecule has 0 radical (unpaired) electrons. The number of nitrogens with one attached hydrogen (secondary N) is 1. The topological polar surface area (TPSA) is 37.8 Å². The second kappa shape index (κ2) is 6.10. The predicted octanol–water partition coefficient (Wildman–Crippen LogP) is 3.28. The van der Waals surface area contributed by atoms with E-state index in [1.165, 1.54) is 0 Å². The van der Waals surface area contributed by atoms with Crippen LogP contribution >= 0.6 is 22.9 Å². The first-order valence-corrected chi connectivity index (χ1v) is 6.81. The molecular formula is C12H14ClN3S. The summed E-state index contributed by atoms with van der Waals surface area (Å²) in [5.74, 6) is 0. The zero-order chi connectivity index (χ0) is 12.1. The number of halogens is 1. The molecule has 5 heteroatoms. The van der Waals surface area contributed by atoms with Crippen molar-refractivity contribution in [1.29, 1.82) is 0 Å². The Bertz CT molecular complexity index is 458. The van der Waals surface area contributed by atoms with Crippen molar-refractivity contribution in [1.82, 2.24) is 15.3 Å². The van der Waals surface area contributed by atoms with E-state index in [4.69, 9.17) is 11.6 Å². The third-order valence-electron chi connectivity index (χ3n) is 2.38. The summed E-state index contributed by atoms with van der Waals surface area (Å²) in [4.78, 5) is 9.56. The fourth-order valence-corrected chi connectivity index (χ4v) is 2.84. The summed E-state index contributed by atoms with van der Waals surface area (Å²) in [5, 5.41) is 6.23. The Morgan fingerprint density at radius 1 is 1.47 bits per heavy atom. The highest BCUT2D eigenvalue weighted by Crippen LogP contribution is 2.31. The van der Waals surface area contributed by atoms with Crippen molar-refractivity contribution in [3.63, 3.8) is 0 Å². The van der Waals surface area contributed by atoms with E-state index in [0.29, 0.717) is 0 Å². The van der Waals surface area contributed by atoms with Crippen molar-refractivity contribution in [3.8, 4) is 0 Å². The van der Waals surface area contributed by atoms with Crippen LogP contribution in [-0.4, -0.2) is 16.5 Å². The lowest BCUT2D eigenvalue weighted by atomic mass is 10.1. The molecule has 90 valence electrons. The second-order valence-electron chi connectivity index (χ2n) is 3.65. The van der Waals surface area contributed by atoms with Gasteiger partial charge in [0, 0.05) is 17.3 Å². The quantitative estimate of drug-likeness (QED) is 0.903. The Labute approximate surface area is 110 Å². The molecule has 0 fully saturated rings. The van der Waals surface area contributed by atoms with Crippen molar-refractivity contribution in [3.05, 3.63) is 45.6 Å². The monoisotopic (exact) mass is 267 g/mol. The predicted molar refractivity (Wildman–Crippen MR) is 71.5 cm³/mol. The van der Waals surface area contributed by atoms with Gasteiger partial charge in [-0.3, -0.25) is 9.97 Å². The van der Waals surface area contributed by atoms with Crippen LogP contribution in [-0.2, 0) is 0 Å². The molecule has 1 N–H and O–H groups in total. The molecule has 0 spiro atoms. The van der Waals surface area contributed by atoms with Gasteiger partial charge in [0.1, 0.15) is 0 Å². The lowest BCUT2D eigenvalue weighted by Crippen LogP contribution is -2.23. The molecule has 17 heavy (non-hydrogen) atoms. The van der Waals surface area contributed by atoms with E-state index >= 15 is 0 Å². The van der Waals surface area contributed by atoms with E-state index in [1.54, 1.807) is 29.9 Å². The van der Waals surface area contributed by atoms with Crippen LogP contribution in [0.15, 0.2) is 30.0 Å². The number of hydrogen-bond donors (Lipinski definition) is 1.